The van der Waals surface area contributed by atoms with Crippen LogP contribution in [0.4, 0.5) is 0 Å². The van der Waals surface area contributed by atoms with Crippen LogP contribution in [0.25, 0.3) is 0 Å². The van der Waals surface area contributed by atoms with Crippen LogP contribution in [-0.2, 0) is 19.1 Å². The first-order chi connectivity index (χ1) is 12.2. The average Bonchev–Trinajstić information content (AvgIpc) is 2.89. The van der Waals surface area contributed by atoms with Crippen molar-refractivity contribution in [1.82, 2.24) is 0 Å². The number of esters is 2. The Balaban J connectivity index is 2.66. The molecule has 1 fully saturated rings. The van der Waals surface area contributed by atoms with Crippen LogP contribution in [0.5, 0.6) is 0 Å². The van der Waals surface area contributed by atoms with Gasteiger partial charge in [0.05, 0.1) is 6.61 Å². The minimum atomic E-state index is -1.13. The largest absolute Gasteiger partial charge is 0.461 e. The molecular weight excluding hydrogens is 332 g/mol. The normalized spacial score (nSPS) is 21.9. The minimum Gasteiger partial charge on any atom is -0.461 e. The second kappa shape index (κ2) is 10.7. The fourth-order valence-corrected chi connectivity index (χ4v) is 3.48. The molecule has 1 saturated heterocycles. The molecule has 0 aromatic carbocycles. The minimum absolute atomic E-state index is 0.0880. The van der Waals surface area contributed by atoms with E-state index in [1.165, 1.54) is 0 Å². The van der Waals surface area contributed by atoms with Crippen LogP contribution in [0, 0.1) is 17.8 Å². The summed E-state index contributed by atoms with van der Waals surface area (Å²) in [6.45, 7) is 10.4. The van der Waals surface area contributed by atoms with Crippen LogP contribution >= 0.6 is 0 Å². The number of aliphatic hydroxyl groups is 1. The molecule has 0 radical (unpaired) electrons. The third kappa shape index (κ3) is 6.75. The van der Waals surface area contributed by atoms with E-state index in [1.54, 1.807) is 0 Å². The molecule has 0 aromatic rings. The van der Waals surface area contributed by atoms with E-state index in [1.807, 2.05) is 6.08 Å². The van der Waals surface area contributed by atoms with Crippen molar-refractivity contribution in [1.29, 1.82) is 0 Å². The van der Waals surface area contributed by atoms with Gasteiger partial charge in [0, 0.05) is 18.4 Å². The molecule has 0 amide bonds. The van der Waals surface area contributed by atoms with E-state index in [2.05, 4.69) is 34.6 Å². The quantitative estimate of drug-likeness (QED) is 0.339. The van der Waals surface area contributed by atoms with Gasteiger partial charge in [0.2, 0.25) is 0 Å². The second-order valence-electron chi connectivity index (χ2n) is 8.14. The van der Waals surface area contributed by atoms with Gasteiger partial charge < -0.3 is 14.6 Å². The molecule has 1 aliphatic heterocycles. The number of aliphatic hydroxyl groups excluding tert-OH is 1. The van der Waals surface area contributed by atoms with Crippen molar-refractivity contribution in [2.45, 2.75) is 78.7 Å². The molecule has 0 bridgehead atoms. The van der Waals surface area contributed by atoms with Crippen LogP contribution < -0.4 is 0 Å². The average molecular weight is 369 g/mol. The SMILES string of the molecule is CCCCCC(=O)OCC1(CO)C/C(=C\CC(C(C)C)C(C)C)C(=O)O1. The lowest BCUT2D eigenvalue weighted by Crippen LogP contribution is -2.39. The van der Waals surface area contributed by atoms with Crippen molar-refractivity contribution in [3.63, 3.8) is 0 Å². The monoisotopic (exact) mass is 368 g/mol. The van der Waals surface area contributed by atoms with E-state index in [0.717, 1.165) is 25.7 Å². The number of carbonyl (C=O) groups is 2. The summed E-state index contributed by atoms with van der Waals surface area (Å²) >= 11 is 0. The highest BCUT2D eigenvalue weighted by atomic mass is 16.6. The lowest BCUT2D eigenvalue weighted by atomic mass is 9.82. The Labute approximate surface area is 158 Å². The number of cyclic esters (lactones) is 1. The molecular formula is C21H36O5. The fraction of sp³-hybridized carbons (Fsp3) is 0.810. The van der Waals surface area contributed by atoms with Gasteiger partial charge in [-0.25, -0.2) is 4.79 Å². The first kappa shape index (κ1) is 22.7. The molecule has 1 atom stereocenters. The van der Waals surface area contributed by atoms with E-state index in [4.69, 9.17) is 9.47 Å². The zero-order chi connectivity index (χ0) is 19.7. The Morgan fingerprint density at radius 3 is 2.46 bits per heavy atom. The smallest absolute Gasteiger partial charge is 0.334 e. The third-order valence-corrected chi connectivity index (χ3v) is 5.20. The van der Waals surface area contributed by atoms with Gasteiger partial charge in [0.25, 0.3) is 0 Å². The van der Waals surface area contributed by atoms with E-state index in [0.29, 0.717) is 29.7 Å². The molecule has 0 spiro atoms. The number of rotatable bonds is 11. The molecule has 1 aliphatic rings. The number of unbranched alkanes of at least 4 members (excludes halogenated alkanes) is 2. The molecule has 150 valence electrons. The van der Waals surface area contributed by atoms with Crippen LogP contribution in [-0.4, -0.2) is 35.9 Å². The van der Waals surface area contributed by atoms with Crippen molar-refractivity contribution in [3.8, 4) is 0 Å². The molecule has 1 rings (SSSR count). The van der Waals surface area contributed by atoms with Gasteiger partial charge in [-0.15, -0.1) is 0 Å². The van der Waals surface area contributed by atoms with Gasteiger partial charge in [0.15, 0.2) is 5.60 Å². The van der Waals surface area contributed by atoms with Gasteiger partial charge in [-0.2, -0.15) is 0 Å². The van der Waals surface area contributed by atoms with E-state index in [9.17, 15) is 14.7 Å². The Morgan fingerprint density at radius 1 is 1.27 bits per heavy atom. The van der Waals surface area contributed by atoms with E-state index in [-0.39, 0.29) is 25.6 Å². The molecule has 0 aliphatic carbocycles. The Hall–Kier alpha value is -1.36. The molecule has 1 N–H and O–H groups in total. The van der Waals surface area contributed by atoms with Crippen LogP contribution in [0.15, 0.2) is 11.6 Å². The predicted octanol–water partition coefficient (Wildman–Crippen LogP) is 4.03. The van der Waals surface area contributed by atoms with Gasteiger partial charge in [0.1, 0.15) is 6.61 Å². The van der Waals surface area contributed by atoms with Gasteiger partial charge >= 0.3 is 11.9 Å². The highest BCUT2D eigenvalue weighted by molar-refractivity contribution is 5.91. The summed E-state index contributed by atoms with van der Waals surface area (Å²) in [6, 6.07) is 0. The molecule has 0 aromatic heterocycles. The number of carbonyl (C=O) groups excluding carboxylic acids is 2. The zero-order valence-electron chi connectivity index (χ0n) is 17.0. The zero-order valence-corrected chi connectivity index (χ0v) is 17.0. The lowest BCUT2D eigenvalue weighted by molar-refractivity contribution is -0.166. The Morgan fingerprint density at radius 2 is 1.92 bits per heavy atom. The van der Waals surface area contributed by atoms with Crippen molar-refractivity contribution in [3.05, 3.63) is 11.6 Å². The summed E-state index contributed by atoms with van der Waals surface area (Å²) in [7, 11) is 0. The lowest BCUT2D eigenvalue weighted by Gasteiger charge is -2.24. The van der Waals surface area contributed by atoms with Gasteiger partial charge in [-0.3, -0.25) is 4.79 Å². The van der Waals surface area contributed by atoms with Crippen LogP contribution in [0.3, 0.4) is 0 Å². The van der Waals surface area contributed by atoms with Crippen LogP contribution in [0.1, 0.15) is 73.1 Å². The maximum absolute atomic E-state index is 12.2. The Bertz CT molecular complexity index is 487. The highest BCUT2D eigenvalue weighted by Crippen LogP contribution is 2.33. The summed E-state index contributed by atoms with van der Waals surface area (Å²) in [4.78, 5) is 24.0. The van der Waals surface area contributed by atoms with Crippen molar-refractivity contribution in [2.24, 2.45) is 17.8 Å². The summed E-state index contributed by atoms with van der Waals surface area (Å²) < 4.78 is 10.7. The molecule has 1 heterocycles. The van der Waals surface area contributed by atoms with Crippen LogP contribution in [0.2, 0.25) is 0 Å². The maximum Gasteiger partial charge on any atom is 0.334 e. The van der Waals surface area contributed by atoms with Gasteiger partial charge in [-0.1, -0.05) is 53.5 Å². The van der Waals surface area contributed by atoms with Crippen molar-refractivity contribution >= 4 is 11.9 Å². The van der Waals surface area contributed by atoms with Crippen molar-refractivity contribution in [2.75, 3.05) is 13.2 Å². The Kier molecular flexibility index (Phi) is 9.34. The second-order valence-corrected chi connectivity index (χ2v) is 8.14. The fourth-order valence-electron chi connectivity index (χ4n) is 3.48. The molecule has 5 heteroatoms. The molecule has 5 nitrogen and oxygen atoms in total. The summed E-state index contributed by atoms with van der Waals surface area (Å²) in [5.41, 5.74) is -0.554. The number of ether oxygens (including phenoxy) is 2. The van der Waals surface area contributed by atoms with E-state index < -0.39 is 11.6 Å². The summed E-state index contributed by atoms with van der Waals surface area (Å²) in [5.74, 6) is 0.814. The molecule has 0 saturated carbocycles. The van der Waals surface area contributed by atoms with Gasteiger partial charge in [-0.05, 0) is 30.6 Å². The predicted molar refractivity (Wildman–Crippen MR) is 101 cm³/mol. The topological polar surface area (TPSA) is 72.8 Å². The van der Waals surface area contributed by atoms with E-state index >= 15 is 0 Å². The highest BCUT2D eigenvalue weighted by Gasteiger charge is 2.44. The third-order valence-electron chi connectivity index (χ3n) is 5.20. The maximum atomic E-state index is 12.2. The summed E-state index contributed by atoms with van der Waals surface area (Å²) in [6.07, 6.45) is 6.19. The number of allylic oxidation sites excluding steroid dienone is 1. The first-order valence-corrected chi connectivity index (χ1v) is 9.93. The number of hydrogen-bond acceptors (Lipinski definition) is 5. The molecule has 1 unspecified atom stereocenters. The first-order valence-electron chi connectivity index (χ1n) is 9.93. The summed E-state index contributed by atoms with van der Waals surface area (Å²) in [5, 5.41) is 9.74. The van der Waals surface area contributed by atoms with Crippen molar-refractivity contribution < 1.29 is 24.2 Å². The standard InChI is InChI=1S/C21H36O5/c1-6-7-8-9-19(23)25-14-21(13-22)12-17(20(24)26-21)10-11-18(15(2)3)16(4)5/h10,15-16,18,22H,6-9,11-14H2,1-5H3/b17-10+. The molecule has 26 heavy (non-hydrogen) atoms. The number of hydrogen-bond donors (Lipinski definition) is 1.